The molecular formula is C11H19N3O. The van der Waals surface area contributed by atoms with Gasteiger partial charge in [0, 0.05) is 32.1 Å². The van der Waals surface area contributed by atoms with Gasteiger partial charge in [0.2, 0.25) is 0 Å². The fraction of sp³-hybridized carbons (Fsp3) is 0.727. The summed E-state index contributed by atoms with van der Waals surface area (Å²) in [7, 11) is 1.80. The predicted molar refractivity (Wildman–Crippen MR) is 58.7 cm³/mol. The Morgan fingerprint density at radius 2 is 2.47 bits per heavy atom. The standard InChI is InChI=1S/C11H19N3O/c1-15-11-5-2-4-10(11)12-7-9-14-8-3-6-13-14/h3,6,8,10-12H,2,4-5,7,9H2,1H3. The van der Waals surface area contributed by atoms with Crippen molar-refractivity contribution in [3.63, 3.8) is 0 Å². The summed E-state index contributed by atoms with van der Waals surface area (Å²) in [5.74, 6) is 0. The maximum Gasteiger partial charge on any atom is 0.0724 e. The largest absolute Gasteiger partial charge is 0.380 e. The average molecular weight is 209 g/mol. The van der Waals surface area contributed by atoms with E-state index in [4.69, 9.17) is 4.74 Å². The molecule has 1 heterocycles. The molecule has 1 N–H and O–H groups in total. The molecule has 0 amide bonds. The monoisotopic (exact) mass is 209 g/mol. The number of ether oxygens (including phenoxy) is 1. The molecule has 1 fully saturated rings. The lowest BCUT2D eigenvalue weighted by Crippen LogP contribution is -2.38. The van der Waals surface area contributed by atoms with Crippen LogP contribution >= 0.6 is 0 Å². The number of hydrogen-bond acceptors (Lipinski definition) is 3. The number of nitrogens with one attached hydrogen (secondary N) is 1. The van der Waals surface area contributed by atoms with E-state index in [2.05, 4.69) is 10.4 Å². The van der Waals surface area contributed by atoms with Gasteiger partial charge in [-0.2, -0.15) is 5.10 Å². The van der Waals surface area contributed by atoms with E-state index in [-0.39, 0.29) is 0 Å². The maximum absolute atomic E-state index is 5.43. The molecule has 0 radical (unpaired) electrons. The Morgan fingerprint density at radius 1 is 1.53 bits per heavy atom. The average Bonchev–Trinajstić information content (AvgIpc) is 2.88. The lowest BCUT2D eigenvalue weighted by atomic mass is 10.2. The Labute approximate surface area is 90.6 Å². The van der Waals surface area contributed by atoms with E-state index in [1.807, 2.05) is 23.1 Å². The molecule has 2 rings (SSSR count). The van der Waals surface area contributed by atoms with Crippen LogP contribution in [0.4, 0.5) is 0 Å². The molecule has 4 heteroatoms. The lowest BCUT2D eigenvalue weighted by molar-refractivity contribution is 0.0849. The minimum Gasteiger partial charge on any atom is -0.380 e. The van der Waals surface area contributed by atoms with E-state index in [9.17, 15) is 0 Å². The van der Waals surface area contributed by atoms with Crippen molar-refractivity contribution in [3.8, 4) is 0 Å². The van der Waals surface area contributed by atoms with Gasteiger partial charge in [0.15, 0.2) is 0 Å². The summed E-state index contributed by atoms with van der Waals surface area (Å²) >= 11 is 0. The Hall–Kier alpha value is -0.870. The van der Waals surface area contributed by atoms with Crippen molar-refractivity contribution >= 4 is 0 Å². The molecule has 0 spiro atoms. The second-order valence-corrected chi connectivity index (χ2v) is 4.03. The van der Waals surface area contributed by atoms with Gasteiger partial charge in [0.25, 0.3) is 0 Å². The number of methoxy groups -OCH3 is 1. The summed E-state index contributed by atoms with van der Waals surface area (Å²) in [5, 5.41) is 7.70. The molecule has 1 aromatic rings. The first kappa shape index (κ1) is 10.6. The van der Waals surface area contributed by atoms with Crippen LogP contribution in [0.3, 0.4) is 0 Å². The highest BCUT2D eigenvalue weighted by atomic mass is 16.5. The van der Waals surface area contributed by atoms with Gasteiger partial charge in [-0.3, -0.25) is 4.68 Å². The summed E-state index contributed by atoms with van der Waals surface area (Å²) in [4.78, 5) is 0. The third-order valence-corrected chi connectivity index (χ3v) is 3.06. The molecule has 1 saturated carbocycles. The van der Waals surface area contributed by atoms with Crippen molar-refractivity contribution < 1.29 is 4.74 Å². The number of rotatable bonds is 5. The molecule has 2 unspecified atom stereocenters. The van der Waals surface area contributed by atoms with Crippen LogP contribution in [0, 0.1) is 0 Å². The second kappa shape index (κ2) is 5.28. The third-order valence-electron chi connectivity index (χ3n) is 3.06. The van der Waals surface area contributed by atoms with Crippen LogP contribution in [0.25, 0.3) is 0 Å². The maximum atomic E-state index is 5.43. The van der Waals surface area contributed by atoms with E-state index >= 15 is 0 Å². The van der Waals surface area contributed by atoms with Gasteiger partial charge in [0.05, 0.1) is 12.6 Å². The van der Waals surface area contributed by atoms with E-state index < -0.39 is 0 Å². The van der Waals surface area contributed by atoms with Gasteiger partial charge in [-0.1, -0.05) is 0 Å². The molecule has 84 valence electrons. The second-order valence-electron chi connectivity index (χ2n) is 4.03. The van der Waals surface area contributed by atoms with Crippen molar-refractivity contribution in [3.05, 3.63) is 18.5 Å². The van der Waals surface area contributed by atoms with E-state index in [1.54, 1.807) is 7.11 Å². The van der Waals surface area contributed by atoms with Gasteiger partial charge < -0.3 is 10.1 Å². The van der Waals surface area contributed by atoms with Crippen molar-refractivity contribution in [2.24, 2.45) is 0 Å². The fourth-order valence-corrected chi connectivity index (χ4v) is 2.24. The van der Waals surface area contributed by atoms with E-state index in [0.717, 1.165) is 13.1 Å². The summed E-state index contributed by atoms with van der Waals surface area (Å²) in [5.41, 5.74) is 0. The van der Waals surface area contributed by atoms with Crippen LogP contribution in [0.1, 0.15) is 19.3 Å². The summed E-state index contributed by atoms with van der Waals surface area (Å²) in [6.45, 7) is 1.89. The summed E-state index contributed by atoms with van der Waals surface area (Å²) in [6, 6.07) is 2.48. The number of hydrogen-bond donors (Lipinski definition) is 1. The zero-order valence-electron chi connectivity index (χ0n) is 9.22. The Kier molecular flexibility index (Phi) is 3.75. The molecule has 0 saturated heterocycles. The SMILES string of the molecule is COC1CCCC1NCCn1cccn1. The van der Waals surface area contributed by atoms with Crippen LogP contribution in [0.15, 0.2) is 18.5 Å². The topological polar surface area (TPSA) is 39.1 Å². The quantitative estimate of drug-likeness (QED) is 0.787. The van der Waals surface area contributed by atoms with Crippen molar-refractivity contribution in [2.45, 2.75) is 38.0 Å². The zero-order chi connectivity index (χ0) is 10.5. The third kappa shape index (κ3) is 2.79. The molecule has 4 nitrogen and oxygen atoms in total. The van der Waals surface area contributed by atoms with Gasteiger partial charge in [0.1, 0.15) is 0 Å². The van der Waals surface area contributed by atoms with Crippen LogP contribution in [0.5, 0.6) is 0 Å². The molecule has 0 aliphatic heterocycles. The molecule has 15 heavy (non-hydrogen) atoms. The molecule has 1 aliphatic carbocycles. The van der Waals surface area contributed by atoms with Gasteiger partial charge in [-0.05, 0) is 25.3 Å². The normalized spacial score (nSPS) is 25.9. The van der Waals surface area contributed by atoms with Crippen molar-refractivity contribution in [2.75, 3.05) is 13.7 Å². The van der Waals surface area contributed by atoms with Gasteiger partial charge in [-0.15, -0.1) is 0 Å². The molecule has 0 aromatic carbocycles. The first-order chi connectivity index (χ1) is 7.40. The van der Waals surface area contributed by atoms with Gasteiger partial charge in [-0.25, -0.2) is 0 Å². The Balaban J connectivity index is 1.69. The smallest absolute Gasteiger partial charge is 0.0724 e. The Bertz CT molecular complexity index is 273. The minimum atomic E-state index is 0.405. The van der Waals surface area contributed by atoms with Crippen LogP contribution in [-0.4, -0.2) is 35.6 Å². The molecule has 2 atom stereocenters. The Morgan fingerprint density at radius 3 is 3.20 bits per heavy atom. The zero-order valence-corrected chi connectivity index (χ0v) is 9.22. The molecule has 1 aliphatic rings. The highest BCUT2D eigenvalue weighted by Crippen LogP contribution is 2.21. The summed E-state index contributed by atoms with van der Waals surface area (Å²) in [6.07, 6.45) is 7.91. The van der Waals surface area contributed by atoms with Crippen molar-refractivity contribution in [1.29, 1.82) is 0 Å². The minimum absolute atomic E-state index is 0.405. The lowest BCUT2D eigenvalue weighted by Gasteiger charge is -2.19. The molecular weight excluding hydrogens is 190 g/mol. The first-order valence-electron chi connectivity index (χ1n) is 5.64. The van der Waals surface area contributed by atoms with E-state index in [1.165, 1.54) is 19.3 Å². The van der Waals surface area contributed by atoms with Crippen LogP contribution < -0.4 is 5.32 Å². The molecule has 0 bridgehead atoms. The fourth-order valence-electron chi connectivity index (χ4n) is 2.24. The van der Waals surface area contributed by atoms with E-state index in [0.29, 0.717) is 12.1 Å². The number of aromatic nitrogens is 2. The number of nitrogens with zero attached hydrogens (tertiary/aromatic N) is 2. The molecule has 1 aromatic heterocycles. The van der Waals surface area contributed by atoms with Crippen LogP contribution in [-0.2, 0) is 11.3 Å². The first-order valence-corrected chi connectivity index (χ1v) is 5.64. The van der Waals surface area contributed by atoms with Gasteiger partial charge >= 0.3 is 0 Å². The van der Waals surface area contributed by atoms with Crippen molar-refractivity contribution in [1.82, 2.24) is 15.1 Å². The highest BCUT2D eigenvalue weighted by molar-refractivity contribution is 4.84. The predicted octanol–water partition coefficient (Wildman–Crippen LogP) is 1.04. The highest BCUT2D eigenvalue weighted by Gasteiger charge is 2.25. The van der Waals surface area contributed by atoms with Crippen LogP contribution in [0.2, 0.25) is 0 Å². The summed E-state index contributed by atoms with van der Waals surface area (Å²) < 4.78 is 7.37.